The van der Waals surface area contributed by atoms with Crippen LogP contribution in [0.1, 0.15) is 26.2 Å². The molecule has 11 heavy (non-hydrogen) atoms. The van der Waals surface area contributed by atoms with Crippen LogP contribution >= 0.6 is 0 Å². The molecule has 1 saturated carbocycles. The Morgan fingerprint density at radius 2 is 2.27 bits per heavy atom. The molecule has 0 N–H and O–H groups in total. The zero-order chi connectivity index (χ0) is 7.73. The molecule has 1 spiro atoms. The van der Waals surface area contributed by atoms with Gasteiger partial charge >= 0.3 is 0 Å². The van der Waals surface area contributed by atoms with E-state index in [0.29, 0.717) is 5.60 Å². The maximum Gasteiger partial charge on any atom is 0.0809 e. The largest absolute Gasteiger partial charge is 0.372 e. The lowest BCUT2D eigenvalue weighted by Gasteiger charge is -2.48. The zero-order valence-electron chi connectivity index (χ0n) is 7.31. The molecule has 0 amide bonds. The van der Waals surface area contributed by atoms with Crippen LogP contribution in [0.15, 0.2) is 0 Å². The van der Waals surface area contributed by atoms with Crippen molar-refractivity contribution in [3.05, 3.63) is 0 Å². The molecule has 1 saturated heterocycles. The molecule has 0 aromatic rings. The summed E-state index contributed by atoms with van der Waals surface area (Å²) in [4.78, 5) is 2.50. The standard InChI is InChI=1S/C9H17NO/c1-2-10-6-7-11-9(8-10)4-3-5-9/h2-8H2,1H3. The number of nitrogens with zero attached hydrogens (tertiary/aromatic N) is 1. The predicted octanol–water partition coefficient (Wildman–Crippen LogP) is 1.26. The van der Waals surface area contributed by atoms with Crippen molar-refractivity contribution in [1.82, 2.24) is 4.90 Å². The number of likely N-dealkylation sites (N-methyl/N-ethyl adjacent to an activating group) is 1. The molecule has 0 radical (unpaired) electrons. The molecule has 2 heteroatoms. The van der Waals surface area contributed by atoms with Crippen LogP contribution in [0.25, 0.3) is 0 Å². The van der Waals surface area contributed by atoms with Crippen molar-refractivity contribution in [2.45, 2.75) is 31.8 Å². The summed E-state index contributed by atoms with van der Waals surface area (Å²) in [6.07, 6.45) is 3.96. The summed E-state index contributed by atoms with van der Waals surface area (Å²) < 4.78 is 5.79. The average Bonchev–Trinajstić information content (AvgIpc) is 2.02. The quantitative estimate of drug-likeness (QED) is 0.565. The topological polar surface area (TPSA) is 12.5 Å². The van der Waals surface area contributed by atoms with Gasteiger partial charge in [0, 0.05) is 13.1 Å². The van der Waals surface area contributed by atoms with Crippen molar-refractivity contribution in [3.8, 4) is 0 Å². The molecule has 1 aliphatic carbocycles. The van der Waals surface area contributed by atoms with Gasteiger partial charge in [0.15, 0.2) is 0 Å². The van der Waals surface area contributed by atoms with Crippen molar-refractivity contribution in [2.75, 3.05) is 26.2 Å². The van der Waals surface area contributed by atoms with Crippen molar-refractivity contribution in [3.63, 3.8) is 0 Å². The summed E-state index contributed by atoms with van der Waals surface area (Å²) in [7, 11) is 0. The first-order valence-corrected chi connectivity index (χ1v) is 4.71. The fourth-order valence-corrected chi connectivity index (χ4v) is 2.07. The van der Waals surface area contributed by atoms with Crippen LogP contribution in [0.5, 0.6) is 0 Å². The minimum atomic E-state index is 0.300. The molecule has 64 valence electrons. The lowest BCUT2D eigenvalue weighted by Crippen LogP contribution is -2.55. The van der Waals surface area contributed by atoms with Gasteiger partial charge in [0.1, 0.15) is 0 Å². The lowest BCUT2D eigenvalue weighted by molar-refractivity contribution is -0.150. The van der Waals surface area contributed by atoms with Crippen LogP contribution in [0.3, 0.4) is 0 Å². The van der Waals surface area contributed by atoms with Gasteiger partial charge < -0.3 is 4.74 Å². The zero-order valence-corrected chi connectivity index (χ0v) is 7.31. The molecule has 0 atom stereocenters. The Morgan fingerprint density at radius 1 is 1.45 bits per heavy atom. The average molecular weight is 155 g/mol. The van der Waals surface area contributed by atoms with Gasteiger partial charge in [-0.3, -0.25) is 4.90 Å². The number of hydrogen-bond donors (Lipinski definition) is 0. The summed E-state index contributed by atoms with van der Waals surface area (Å²) in [6, 6.07) is 0. The van der Waals surface area contributed by atoms with E-state index in [4.69, 9.17) is 4.74 Å². The van der Waals surface area contributed by atoms with Gasteiger partial charge in [-0.2, -0.15) is 0 Å². The van der Waals surface area contributed by atoms with E-state index >= 15 is 0 Å². The minimum Gasteiger partial charge on any atom is -0.372 e. The first kappa shape index (κ1) is 7.56. The monoisotopic (exact) mass is 155 g/mol. The molecular formula is C9H17NO. The van der Waals surface area contributed by atoms with E-state index in [2.05, 4.69) is 11.8 Å². The van der Waals surface area contributed by atoms with E-state index < -0.39 is 0 Å². The highest BCUT2D eigenvalue weighted by atomic mass is 16.5. The number of rotatable bonds is 1. The summed E-state index contributed by atoms with van der Waals surface area (Å²) >= 11 is 0. The van der Waals surface area contributed by atoms with Crippen LogP contribution in [0, 0.1) is 0 Å². The maximum atomic E-state index is 5.79. The van der Waals surface area contributed by atoms with Gasteiger partial charge in [0.25, 0.3) is 0 Å². The van der Waals surface area contributed by atoms with E-state index in [1.165, 1.54) is 32.4 Å². The molecule has 1 aliphatic heterocycles. The Bertz CT molecular complexity index is 142. The second-order valence-electron chi connectivity index (χ2n) is 3.75. The van der Waals surface area contributed by atoms with Gasteiger partial charge in [-0.05, 0) is 25.8 Å². The van der Waals surface area contributed by atoms with Gasteiger partial charge in [-0.1, -0.05) is 6.92 Å². The molecule has 0 aromatic carbocycles. The molecule has 2 nitrogen and oxygen atoms in total. The van der Waals surface area contributed by atoms with Crippen molar-refractivity contribution in [1.29, 1.82) is 0 Å². The number of morpholine rings is 1. The predicted molar refractivity (Wildman–Crippen MR) is 44.6 cm³/mol. The van der Waals surface area contributed by atoms with Crippen LogP contribution in [0.4, 0.5) is 0 Å². The van der Waals surface area contributed by atoms with Gasteiger partial charge in [-0.15, -0.1) is 0 Å². The third kappa shape index (κ3) is 1.30. The van der Waals surface area contributed by atoms with E-state index in [1.54, 1.807) is 0 Å². The molecular weight excluding hydrogens is 138 g/mol. The van der Waals surface area contributed by atoms with E-state index in [0.717, 1.165) is 13.2 Å². The smallest absolute Gasteiger partial charge is 0.0809 e. The highest BCUT2D eigenvalue weighted by molar-refractivity contribution is 4.94. The first-order chi connectivity index (χ1) is 5.35. The van der Waals surface area contributed by atoms with Gasteiger partial charge in [-0.25, -0.2) is 0 Å². The van der Waals surface area contributed by atoms with E-state index in [-0.39, 0.29) is 0 Å². The Morgan fingerprint density at radius 3 is 2.82 bits per heavy atom. The molecule has 1 heterocycles. The van der Waals surface area contributed by atoms with E-state index in [1.807, 2.05) is 0 Å². The van der Waals surface area contributed by atoms with Gasteiger partial charge in [0.2, 0.25) is 0 Å². The highest BCUT2D eigenvalue weighted by Crippen LogP contribution is 2.37. The lowest BCUT2D eigenvalue weighted by atomic mass is 9.79. The van der Waals surface area contributed by atoms with Crippen molar-refractivity contribution in [2.24, 2.45) is 0 Å². The van der Waals surface area contributed by atoms with Crippen LogP contribution in [-0.4, -0.2) is 36.7 Å². The molecule has 0 bridgehead atoms. The second kappa shape index (κ2) is 2.76. The second-order valence-corrected chi connectivity index (χ2v) is 3.75. The summed E-state index contributed by atoms with van der Waals surface area (Å²) in [5.41, 5.74) is 0.300. The summed E-state index contributed by atoms with van der Waals surface area (Å²) in [5, 5.41) is 0. The number of ether oxygens (including phenoxy) is 1. The van der Waals surface area contributed by atoms with Crippen molar-refractivity contribution < 1.29 is 4.74 Å². The molecule has 2 aliphatic rings. The highest BCUT2D eigenvalue weighted by Gasteiger charge is 2.41. The van der Waals surface area contributed by atoms with Crippen LogP contribution in [0.2, 0.25) is 0 Å². The molecule has 2 rings (SSSR count). The Kier molecular flexibility index (Phi) is 1.90. The first-order valence-electron chi connectivity index (χ1n) is 4.71. The SMILES string of the molecule is CCN1CCOC2(CCC2)C1. The Labute approximate surface area is 68.5 Å². The molecule has 0 unspecified atom stereocenters. The van der Waals surface area contributed by atoms with Crippen LogP contribution in [-0.2, 0) is 4.74 Å². The third-order valence-corrected chi connectivity index (χ3v) is 3.04. The Hall–Kier alpha value is -0.0800. The van der Waals surface area contributed by atoms with Gasteiger partial charge in [0.05, 0.1) is 12.2 Å². The summed E-state index contributed by atoms with van der Waals surface area (Å²) in [6.45, 7) is 6.69. The Balaban J connectivity index is 1.92. The fourth-order valence-electron chi connectivity index (χ4n) is 2.07. The normalized spacial score (nSPS) is 30.3. The summed E-state index contributed by atoms with van der Waals surface area (Å²) in [5.74, 6) is 0. The maximum absolute atomic E-state index is 5.79. The van der Waals surface area contributed by atoms with Crippen molar-refractivity contribution >= 4 is 0 Å². The van der Waals surface area contributed by atoms with Crippen LogP contribution < -0.4 is 0 Å². The van der Waals surface area contributed by atoms with E-state index in [9.17, 15) is 0 Å². The molecule has 0 aromatic heterocycles. The minimum absolute atomic E-state index is 0.300. The fraction of sp³-hybridized carbons (Fsp3) is 1.00. The third-order valence-electron chi connectivity index (χ3n) is 3.04. The number of hydrogen-bond acceptors (Lipinski definition) is 2. The molecule has 2 fully saturated rings.